The highest BCUT2D eigenvalue weighted by Crippen LogP contribution is 2.26. The van der Waals surface area contributed by atoms with Gasteiger partial charge in [0.1, 0.15) is 5.82 Å². The zero-order valence-electron chi connectivity index (χ0n) is 15.2. The average Bonchev–Trinajstić information content (AvgIpc) is 3.29. The van der Waals surface area contributed by atoms with Crippen molar-refractivity contribution in [3.63, 3.8) is 0 Å². The summed E-state index contributed by atoms with van der Waals surface area (Å²) in [5.74, 6) is -0.407. The van der Waals surface area contributed by atoms with E-state index in [1.165, 1.54) is 17.4 Å². The number of hydrogen-bond acceptors (Lipinski definition) is 7. The van der Waals surface area contributed by atoms with E-state index in [-0.39, 0.29) is 24.1 Å². The highest BCUT2D eigenvalue weighted by atomic mass is 32.1. The topological polar surface area (TPSA) is 100 Å². The molecule has 7 nitrogen and oxygen atoms in total. The van der Waals surface area contributed by atoms with E-state index in [1.807, 2.05) is 18.4 Å². The summed E-state index contributed by atoms with van der Waals surface area (Å²) in [5.41, 5.74) is 1.62. The van der Waals surface area contributed by atoms with Crippen molar-refractivity contribution in [3.05, 3.63) is 47.0 Å². The van der Waals surface area contributed by atoms with E-state index in [0.29, 0.717) is 40.3 Å². The molecule has 0 aromatic carbocycles. The van der Waals surface area contributed by atoms with Gasteiger partial charge in [-0.25, -0.2) is 14.4 Å². The smallest absolute Gasteiger partial charge is 0.271 e. The molecule has 1 fully saturated rings. The molecule has 146 valence electrons. The minimum atomic E-state index is -0.417. The number of hydrogen-bond donors (Lipinski definition) is 3. The van der Waals surface area contributed by atoms with Gasteiger partial charge in [0, 0.05) is 12.2 Å². The van der Waals surface area contributed by atoms with E-state index < -0.39 is 5.82 Å². The number of nitrogens with zero attached hydrogens (tertiary/aromatic N) is 3. The van der Waals surface area contributed by atoms with Crippen LogP contribution in [0.4, 0.5) is 10.3 Å². The van der Waals surface area contributed by atoms with Gasteiger partial charge < -0.3 is 15.7 Å². The number of rotatable bonds is 5. The molecule has 1 aliphatic rings. The summed E-state index contributed by atoms with van der Waals surface area (Å²) in [6.07, 6.45) is 4.35. The Hall–Kier alpha value is -2.65. The fourth-order valence-corrected chi connectivity index (χ4v) is 4.18. The maximum Gasteiger partial charge on any atom is 0.271 e. The molecular weight excluding hydrogens is 381 g/mol. The first-order valence-corrected chi connectivity index (χ1v) is 9.98. The number of halogens is 1. The van der Waals surface area contributed by atoms with Gasteiger partial charge >= 0.3 is 0 Å². The van der Waals surface area contributed by atoms with Crippen LogP contribution in [0.15, 0.2) is 29.9 Å². The minimum absolute atomic E-state index is 0.0545. The summed E-state index contributed by atoms with van der Waals surface area (Å²) in [6.45, 7) is 1.84. The van der Waals surface area contributed by atoms with Crippen molar-refractivity contribution in [3.8, 4) is 0 Å². The van der Waals surface area contributed by atoms with Gasteiger partial charge in [-0.15, -0.1) is 11.3 Å². The number of amides is 1. The third-order valence-corrected chi connectivity index (χ3v) is 5.74. The Kier molecular flexibility index (Phi) is 5.19. The quantitative estimate of drug-likeness (QED) is 0.608. The molecule has 1 saturated carbocycles. The van der Waals surface area contributed by atoms with Crippen LogP contribution in [-0.2, 0) is 0 Å². The van der Waals surface area contributed by atoms with E-state index in [0.717, 1.165) is 12.6 Å². The van der Waals surface area contributed by atoms with Gasteiger partial charge in [0.2, 0.25) is 5.95 Å². The lowest BCUT2D eigenvalue weighted by molar-refractivity contribution is 0.0931. The highest BCUT2D eigenvalue weighted by Gasteiger charge is 2.26. The van der Waals surface area contributed by atoms with E-state index in [4.69, 9.17) is 0 Å². The molecule has 28 heavy (non-hydrogen) atoms. The summed E-state index contributed by atoms with van der Waals surface area (Å²) >= 11 is 1.40. The van der Waals surface area contributed by atoms with Crippen LogP contribution in [0.25, 0.3) is 10.2 Å². The second-order valence-corrected chi connectivity index (χ2v) is 7.89. The predicted molar refractivity (Wildman–Crippen MR) is 105 cm³/mol. The number of anilines is 1. The van der Waals surface area contributed by atoms with E-state index in [1.54, 1.807) is 6.20 Å². The Morgan fingerprint density at radius 2 is 2.21 bits per heavy atom. The van der Waals surface area contributed by atoms with Crippen molar-refractivity contribution < 1.29 is 14.3 Å². The Morgan fingerprint density at radius 1 is 1.36 bits per heavy atom. The number of carbonyl (C=O) groups excluding carboxylic acids is 1. The summed E-state index contributed by atoms with van der Waals surface area (Å²) in [7, 11) is 0. The third-order valence-electron chi connectivity index (χ3n) is 4.83. The summed E-state index contributed by atoms with van der Waals surface area (Å²) in [5, 5.41) is 17.6. The van der Waals surface area contributed by atoms with Crippen molar-refractivity contribution in [2.45, 2.75) is 44.4 Å². The van der Waals surface area contributed by atoms with Gasteiger partial charge in [-0.05, 0) is 49.3 Å². The van der Waals surface area contributed by atoms with Gasteiger partial charge in [0.25, 0.3) is 5.91 Å². The second-order valence-electron chi connectivity index (χ2n) is 6.97. The van der Waals surface area contributed by atoms with Crippen LogP contribution in [0.3, 0.4) is 0 Å². The number of nitrogens with one attached hydrogen (secondary N) is 2. The Bertz CT molecular complexity index is 1010. The lowest BCUT2D eigenvalue weighted by Gasteiger charge is -2.16. The van der Waals surface area contributed by atoms with Crippen LogP contribution in [0.5, 0.6) is 0 Å². The first-order chi connectivity index (χ1) is 13.5. The van der Waals surface area contributed by atoms with E-state index in [2.05, 4.69) is 25.6 Å². The van der Waals surface area contributed by atoms with Crippen LogP contribution in [0.1, 0.15) is 48.3 Å². The SMILES string of the molecule is C[C@H](Nc1nc(C(=O)N[C@H]2CC[C@@H](O)C2)c2sccc2n1)c1cncc(F)c1. The maximum atomic E-state index is 13.4. The van der Waals surface area contributed by atoms with Crippen molar-refractivity contribution in [1.82, 2.24) is 20.3 Å². The van der Waals surface area contributed by atoms with Crippen LogP contribution in [-0.4, -0.2) is 38.1 Å². The van der Waals surface area contributed by atoms with Crippen molar-refractivity contribution >= 4 is 33.4 Å². The second kappa shape index (κ2) is 7.76. The molecule has 3 atom stereocenters. The van der Waals surface area contributed by atoms with Crippen LogP contribution in [0.2, 0.25) is 0 Å². The van der Waals surface area contributed by atoms with Gasteiger partial charge in [-0.3, -0.25) is 9.78 Å². The molecule has 1 aliphatic carbocycles. The molecule has 0 spiro atoms. The highest BCUT2D eigenvalue weighted by molar-refractivity contribution is 7.17. The zero-order valence-corrected chi connectivity index (χ0v) is 16.0. The molecule has 9 heteroatoms. The van der Waals surface area contributed by atoms with Gasteiger partial charge in [0.05, 0.1) is 28.6 Å². The first-order valence-electron chi connectivity index (χ1n) is 9.11. The molecule has 0 radical (unpaired) electrons. The molecule has 0 saturated heterocycles. The van der Waals surface area contributed by atoms with Gasteiger partial charge in [0.15, 0.2) is 5.69 Å². The number of fused-ring (bicyclic) bond motifs is 1. The number of aromatic nitrogens is 3. The van der Waals surface area contributed by atoms with Gasteiger partial charge in [-0.2, -0.15) is 0 Å². The lowest BCUT2D eigenvalue weighted by atomic mass is 10.1. The molecule has 3 heterocycles. The number of aliphatic hydroxyl groups is 1. The Labute approximate surface area is 165 Å². The van der Waals surface area contributed by atoms with E-state index in [9.17, 15) is 14.3 Å². The van der Waals surface area contributed by atoms with Crippen LogP contribution in [0, 0.1) is 5.82 Å². The molecule has 0 aliphatic heterocycles. The van der Waals surface area contributed by atoms with Crippen molar-refractivity contribution in [2.24, 2.45) is 0 Å². The molecule has 4 rings (SSSR count). The predicted octanol–water partition coefficient (Wildman–Crippen LogP) is 3.04. The van der Waals surface area contributed by atoms with Gasteiger partial charge in [-0.1, -0.05) is 0 Å². The molecule has 3 aromatic heterocycles. The lowest BCUT2D eigenvalue weighted by Crippen LogP contribution is -2.34. The number of pyridine rings is 1. The fraction of sp³-hybridized carbons (Fsp3) is 0.368. The molecule has 1 amide bonds. The molecule has 0 bridgehead atoms. The summed E-state index contributed by atoms with van der Waals surface area (Å²) in [4.78, 5) is 25.6. The molecule has 0 unspecified atom stereocenters. The average molecular weight is 401 g/mol. The van der Waals surface area contributed by atoms with Crippen molar-refractivity contribution in [2.75, 3.05) is 5.32 Å². The van der Waals surface area contributed by atoms with E-state index >= 15 is 0 Å². The Morgan fingerprint density at radius 3 is 2.96 bits per heavy atom. The largest absolute Gasteiger partial charge is 0.393 e. The number of carbonyl (C=O) groups is 1. The third kappa shape index (κ3) is 3.95. The normalized spacial score (nSPS) is 20.2. The minimum Gasteiger partial charge on any atom is -0.393 e. The zero-order chi connectivity index (χ0) is 19.7. The standard InChI is InChI=1S/C19H20FN5O2S/c1-10(11-6-12(20)9-21-8-11)22-19-24-15-4-5-28-17(15)16(25-19)18(27)23-13-2-3-14(26)7-13/h4-6,8-10,13-14,26H,2-3,7H2,1H3,(H,23,27)(H,22,24,25)/t10-,13-,14+/m0/s1. The monoisotopic (exact) mass is 401 g/mol. The molecule has 3 N–H and O–H groups in total. The van der Waals surface area contributed by atoms with Crippen LogP contribution >= 0.6 is 11.3 Å². The maximum absolute atomic E-state index is 13.4. The molecular formula is C19H20FN5O2S. The fourth-order valence-electron chi connectivity index (χ4n) is 3.37. The summed E-state index contributed by atoms with van der Waals surface area (Å²) < 4.78 is 14.1. The van der Waals surface area contributed by atoms with Crippen LogP contribution < -0.4 is 10.6 Å². The van der Waals surface area contributed by atoms with Crippen molar-refractivity contribution in [1.29, 1.82) is 0 Å². The summed E-state index contributed by atoms with van der Waals surface area (Å²) in [6, 6.07) is 2.88. The number of thiophene rings is 1. The molecule has 3 aromatic rings. The Balaban J connectivity index is 1.59. The number of aliphatic hydroxyl groups excluding tert-OH is 1. The first kappa shape index (κ1) is 18.7.